The predicted octanol–water partition coefficient (Wildman–Crippen LogP) is -0.371. The summed E-state index contributed by atoms with van der Waals surface area (Å²) in [6, 6.07) is 0. The molecule has 1 aromatic heterocycles. The number of thiazole rings is 1. The van der Waals surface area contributed by atoms with Crippen molar-refractivity contribution in [2.75, 3.05) is 5.75 Å². The number of aliphatic hydroxyl groups is 1. The number of primary amides is 1. The number of nitrogens with two attached hydrogens (primary N) is 1. The van der Waals surface area contributed by atoms with Gasteiger partial charge < -0.3 is 10.8 Å². The summed E-state index contributed by atoms with van der Waals surface area (Å²) < 4.78 is 23.1. The van der Waals surface area contributed by atoms with Gasteiger partial charge in [0.05, 0.1) is 6.20 Å². The summed E-state index contributed by atoms with van der Waals surface area (Å²) in [6.45, 7) is 2.99. The number of rotatable bonds is 4. The molecule has 0 aliphatic rings. The Hall–Kier alpha value is -0.990. The van der Waals surface area contributed by atoms with Crippen LogP contribution in [-0.4, -0.2) is 30.2 Å². The number of carbonyl (C=O) groups is 1. The van der Waals surface area contributed by atoms with Crippen molar-refractivity contribution in [3.05, 3.63) is 11.2 Å². The van der Waals surface area contributed by atoms with Crippen LogP contribution in [0.3, 0.4) is 0 Å². The maximum atomic E-state index is 11.6. The Morgan fingerprint density at radius 1 is 1.62 bits per heavy atom. The maximum Gasteiger partial charge on any atom is 0.233 e. The zero-order chi connectivity index (χ0) is 12.6. The van der Waals surface area contributed by atoms with Gasteiger partial charge in [-0.25, -0.2) is 13.4 Å². The molecular weight excluding hydrogens is 252 g/mol. The van der Waals surface area contributed by atoms with E-state index in [1.54, 1.807) is 0 Å². The van der Waals surface area contributed by atoms with E-state index in [2.05, 4.69) is 4.98 Å². The average molecular weight is 264 g/mol. The van der Waals surface area contributed by atoms with Gasteiger partial charge in [0.25, 0.3) is 0 Å². The fourth-order valence-electron chi connectivity index (χ4n) is 0.944. The molecule has 0 aliphatic carbocycles. The lowest BCUT2D eigenvalue weighted by Gasteiger charge is -2.12. The molecule has 0 bridgehead atoms. The topological polar surface area (TPSA) is 110 Å². The van der Waals surface area contributed by atoms with Crippen LogP contribution in [0.2, 0.25) is 0 Å². The molecule has 0 saturated heterocycles. The molecule has 1 amide bonds. The standard InChI is InChI=1S/C8H12N2O4S2/c1-8(2,12)7-10-3-6(15-7)16(13,14)4-5(9)11/h3,12H,4H2,1-2H3,(H2,9,11). The van der Waals surface area contributed by atoms with Crippen molar-refractivity contribution in [1.82, 2.24) is 4.98 Å². The maximum absolute atomic E-state index is 11.6. The molecule has 1 aromatic rings. The predicted molar refractivity (Wildman–Crippen MR) is 58.6 cm³/mol. The van der Waals surface area contributed by atoms with Crippen LogP contribution in [0.25, 0.3) is 0 Å². The number of aromatic nitrogens is 1. The minimum absolute atomic E-state index is 0.0663. The highest BCUT2D eigenvalue weighted by Gasteiger charge is 2.25. The Kier molecular flexibility index (Phi) is 3.36. The van der Waals surface area contributed by atoms with E-state index in [4.69, 9.17) is 5.73 Å². The van der Waals surface area contributed by atoms with E-state index in [1.807, 2.05) is 0 Å². The molecule has 0 unspecified atom stereocenters. The van der Waals surface area contributed by atoms with Crippen molar-refractivity contribution in [2.24, 2.45) is 5.73 Å². The Bertz CT molecular complexity index is 498. The molecule has 90 valence electrons. The van der Waals surface area contributed by atoms with E-state index in [-0.39, 0.29) is 9.22 Å². The van der Waals surface area contributed by atoms with E-state index in [0.29, 0.717) is 0 Å². The summed E-state index contributed by atoms with van der Waals surface area (Å²) in [5.74, 6) is -1.67. The molecule has 0 fully saturated rings. The largest absolute Gasteiger partial charge is 0.383 e. The van der Waals surface area contributed by atoms with E-state index < -0.39 is 27.1 Å². The van der Waals surface area contributed by atoms with Crippen LogP contribution in [0, 0.1) is 0 Å². The van der Waals surface area contributed by atoms with Crippen molar-refractivity contribution >= 4 is 27.1 Å². The third kappa shape index (κ3) is 3.00. The first-order chi connectivity index (χ1) is 7.13. The summed E-state index contributed by atoms with van der Waals surface area (Å²) in [6.07, 6.45) is 1.12. The first kappa shape index (κ1) is 13.1. The lowest BCUT2D eigenvalue weighted by atomic mass is 10.2. The lowest BCUT2D eigenvalue weighted by Crippen LogP contribution is -2.22. The number of carbonyl (C=O) groups excluding carboxylic acids is 1. The molecule has 6 nitrogen and oxygen atoms in total. The molecule has 0 atom stereocenters. The smallest absolute Gasteiger partial charge is 0.233 e. The summed E-state index contributed by atoms with van der Waals surface area (Å²) in [5.41, 5.74) is 3.62. The first-order valence-corrected chi connectivity index (χ1v) is 6.79. The SMILES string of the molecule is CC(C)(O)c1ncc(S(=O)(=O)CC(N)=O)s1. The molecule has 0 spiro atoms. The molecule has 1 rings (SSSR count). The summed E-state index contributed by atoms with van der Waals surface area (Å²) >= 11 is 0.832. The minimum Gasteiger partial charge on any atom is -0.383 e. The Labute approximate surface area is 97.0 Å². The van der Waals surface area contributed by atoms with Gasteiger partial charge in [0.2, 0.25) is 5.91 Å². The normalized spacial score (nSPS) is 12.7. The molecule has 8 heteroatoms. The van der Waals surface area contributed by atoms with E-state index in [0.717, 1.165) is 17.5 Å². The highest BCUT2D eigenvalue weighted by Crippen LogP contribution is 2.27. The quantitative estimate of drug-likeness (QED) is 0.771. The van der Waals surface area contributed by atoms with Crippen molar-refractivity contribution in [1.29, 1.82) is 0 Å². The third-order valence-electron chi connectivity index (χ3n) is 1.65. The average Bonchev–Trinajstić information content (AvgIpc) is 2.47. The highest BCUT2D eigenvalue weighted by molar-refractivity contribution is 7.94. The number of nitrogens with zero attached hydrogens (tertiary/aromatic N) is 1. The van der Waals surface area contributed by atoms with Gasteiger partial charge in [0.1, 0.15) is 20.6 Å². The van der Waals surface area contributed by atoms with Gasteiger partial charge in [-0.1, -0.05) is 0 Å². The van der Waals surface area contributed by atoms with Crippen LogP contribution < -0.4 is 5.73 Å². The fraction of sp³-hybridized carbons (Fsp3) is 0.500. The van der Waals surface area contributed by atoms with Crippen molar-refractivity contribution in [3.8, 4) is 0 Å². The van der Waals surface area contributed by atoms with Crippen LogP contribution in [0.15, 0.2) is 10.4 Å². The monoisotopic (exact) mass is 264 g/mol. The van der Waals surface area contributed by atoms with E-state index in [9.17, 15) is 18.3 Å². The molecule has 0 radical (unpaired) electrons. The molecular formula is C8H12N2O4S2. The Balaban J connectivity index is 3.08. The van der Waals surface area contributed by atoms with Crippen molar-refractivity contribution in [3.63, 3.8) is 0 Å². The highest BCUT2D eigenvalue weighted by atomic mass is 32.2. The van der Waals surface area contributed by atoms with Gasteiger partial charge in [0.15, 0.2) is 9.84 Å². The molecule has 3 N–H and O–H groups in total. The van der Waals surface area contributed by atoms with Gasteiger partial charge in [0, 0.05) is 0 Å². The van der Waals surface area contributed by atoms with Gasteiger partial charge in [-0.2, -0.15) is 0 Å². The van der Waals surface area contributed by atoms with Crippen molar-refractivity contribution in [2.45, 2.75) is 23.7 Å². The zero-order valence-corrected chi connectivity index (χ0v) is 10.4. The molecule has 1 heterocycles. The number of hydrogen-bond donors (Lipinski definition) is 2. The van der Waals surface area contributed by atoms with Crippen LogP contribution in [0.5, 0.6) is 0 Å². The van der Waals surface area contributed by atoms with E-state index in [1.165, 1.54) is 13.8 Å². The second-order valence-electron chi connectivity index (χ2n) is 3.77. The third-order valence-corrected chi connectivity index (χ3v) is 5.15. The Morgan fingerprint density at radius 3 is 2.56 bits per heavy atom. The zero-order valence-electron chi connectivity index (χ0n) is 8.80. The van der Waals surface area contributed by atoms with Crippen LogP contribution >= 0.6 is 11.3 Å². The van der Waals surface area contributed by atoms with Crippen molar-refractivity contribution < 1.29 is 18.3 Å². The van der Waals surface area contributed by atoms with Gasteiger partial charge in [-0.05, 0) is 13.8 Å². The Morgan fingerprint density at radius 2 is 2.19 bits per heavy atom. The van der Waals surface area contributed by atoms with Gasteiger partial charge in [-0.15, -0.1) is 11.3 Å². The number of hydrogen-bond acceptors (Lipinski definition) is 6. The second kappa shape index (κ2) is 4.11. The van der Waals surface area contributed by atoms with Crippen LogP contribution in [0.4, 0.5) is 0 Å². The fourth-order valence-corrected chi connectivity index (χ4v) is 3.25. The second-order valence-corrected chi connectivity index (χ2v) is 7.02. The minimum atomic E-state index is -3.73. The molecule has 0 aromatic carbocycles. The molecule has 0 aliphatic heterocycles. The lowest BCUT2D eigenvalue weighted by molar-refractivity contribution is -0.115. The van der Waals surface area contributed by atoms with E-state index >= 15 is 0 Å². The first-order valence-electron chi connectivity index (χ1n) is 4.32. The molecule has 16 heavy (non-hydrogen) atoms. The summed E-state index contributed by atoms with van der Waals surface area (Å²) in [7, 11) is -3.73. The summed E-state index contributed by atoms with van der Waals surface area (Å²) in [5, 5.41) is 9.89. The van der Waals surface area contributed by atoms with Crippen LogP contribution in [-0.2, 0) is 20.2 Å². The summed E-state index contributed by atoms with van der Waals surface area (Å²) in [4.78, 5) is 14.4. The molecule has 0 saturated carbocycles. The van der Waals surface area contributed by atoms with Gasteiger partial charge in [-0.3, -0.25) is 4.79 Å². The van der Waals surface area contributed by atoms with Crippen LogP contribution in [0.1, 0.15) is 18.9 Å². The number of sulfone groups is 1. The number of amides is 1. The van der Waals surface area contributed by atoms with Gasteiger partial charge >= 0.3 is 0 Å².